The number of fused-ring (bicyclic) bond motifs is 2. The van der Waals surface area contributed by atoms with Gasteiger partial charge < -0.3 is 9.84 Å². The highest BCUT2D eigenvalue weighted by Crippen LogP contribution is 2.44. The molecule has 2 rings (SSSR count). The molecule has 74 valence electrons. The minimum Gasteiger partial charge on any atom is -0.396 e. The summed E-state index contributed by atoms with van der Waals surface area (Å²) in [5.41, 5.74) is 1.48. The average Bonchev–Trinajstić information content (AvgIpc) is 2.17. The summed E-state index contributed by atoms with van der Waals surface area (Å²) < 4.78 is 5.71. The van der Waals surface area contributed by atoms with Crippen molar-refractivity contribution in [1.29, 1.82) is 0 Å². The first kappa shape index (κ1) is 9.22. The summed E-state index contributed by atoms with van der Waals surface area (Å²) in [6, 6.07) is 0. The minimum absolute atomic E-state index is 0.0384. The van der Waals surface area contributed by atoms with Crippen molar-refractivity contribution in [2.24, 2.45) is 11.3 Å². The van der Waals surface area contributed by atoms with Gasteiger partial charge in [-0.15, -0.1) is 0 Å². The summed E-state index contributed by atoms with van der Waals surface area (Å²) in [4.78, 5) is 0. The summed E-state index contributed by atoms with van der Waals surface area (Å²) in [6.45, 7) is 5.30. The lowest BCUT2D eigenvalue weighted by molar-refractivity contribution is -0.104. The molecular formula is C11H18O2. The zero-order chi connectivity index (χ0) is 9.47. The van der Waals surface area contributed by atoms with E-state index in [0.717, 1.165) is 19.4 Å². The van der Waals surface area contributed by atoms with E-state index < -0.39 is 0 Å². The van der Waals surface area contributed by atoms with Gasteiger partial charge in [0.2, 0.25) is 0 Å². The van der Waals surface area contributed by atoms with Crippen molar-refractivity contribution in [2.45, 2.75) is 32.8 Å². The van der Waals surface area contributed by atoms with Crippen LogP contribution in [0.1, 0.15) is 26.7 Å². The predicted octanol–water partition coefficient (Wildman–Crippen LogP) is 1.74. The number of ether oxygens (including phenoxy) is 1. The molecule has 1 fully saturated rings. The van der Waals surface area contributed by atoms with E-state index >= 15 is 0 Å². The van der Waals surface area contributed by atoms with Crippen LogP contribution in [0.2, 0.25) is 0 Å². The molecule has 1 saturated heterocycles. The van der Waals surface area contributed by atoms with Crippen LogP contribution >= 0.6 is 0 Å². The number of hydrogen-bond donors (Lipinski definition) is 1. The van der Waals surface area contributed by atoms with Gasteiger partial charge in [-0.2, -0.15) is 0 Å². The highest BCUT2D eigenvalue weighted by molar-refractivity contribution is 5.15. The molecule has 0 aromatic heterocycles. The van der Waals surface area contributed by atoms with Crippen LogP contribution in [0.25, 0.3) is 0 Å². The predicted molar refractivity (Wildman–Crippen MR) is 51.4 cm³/mol. The van der Waals surface area contributed by atoms with Crippen LogP contribution in [0.5, 0.6) is 0 Å². The van der Waals surface area contributed by atoms with E-state index in [0.29, 0.717) is 12.0 Å². The van der Waals surface area contributed by atoms with E-state index in [2.05, 4.69) is 19.9 Å². The van der Waals surface area contributed by atoms with Crippen LogP contribution in [-0.2, 0) is 4.74 Å². The Morgan fingerprint density at radius 1 is 1.69 bits per heavy atom. The zero-order valence-corrected chi connectivity index (χ0v) is 8.42. The van der Waals surface area contributed by atoms with Crippen molar-refractivity contribution in [3.8, 4) is 0 Å². The molecule has 0 aromatic carbocycles. The first-order valence-corrected chi connectivity index (χ1v) is 5.06. The molecule has 0 spiro atoms. The van der Waals surface area contributed by atoms with Crippen LogP contribution in [0.3, 0.4) is 0 Å². The third-order valence-electron chi connectivity index (χ3n) is 3.65. The summed E-state index contributed by atoms with van der Waals surface area (Å²) in [5, 5.41) is 9.36. The Labute approximate surface area is 79.6 Å². The topological polar surface area (TPSA) is 29.5 Å². The van der Waals surface area contributed by atoms with Crippen molar-refractivity contribution in [1.82, 2.24) is 0 Å². The standard InChI is InChI=1S/C11H18O2/c1-8-3-4-11(6-12)5-10(8)9(2)13-7-11/h3,9-10,12H,4-7H2,1-2H3/t9-,10-,11+/m0/s1. The molecular weight excluding hydrogens is 164 g/mol. The molecule has 0 radical (unpaired) electrons. The number of aliphatic hydroxyl groups excluding tert-OH is 1. The smallest absolute Gasteiger partial charge is 0.0612 e. The van der Waals surface area contributed by atoms with Crippen LogP contribution in [0.15, 0.2) is 11.6 Å². The van der Waals surface area contributed by atoms with Gasteiger partial charge in [-0.25, -0.2) is 0 Å². The molecule has 0 saturated carbocycles. The second-order valence-corrected chi connectivity index (χ2v) is 4.64. The highest BCUT2D eigenvalue weighted by Gasteiger charge is 2.42. The monoisotopic (exact) mass is 182 g/mol. The first-order chi connectivity index (χ1) is 6.17. The van der Waals surface area contributed by atoms with Gasteiger partial charge in [0.1, 0.15) is 0 Å². The molecule has 1 N–H and O–H groups in total. The van der Waals surface area contributed by atoms with Crippen molar-refractivity contribution in [3.05, 3.63) is 11.6 Å². The lowest BCUT2D eigenvalue weighted by atomic mass is 9.68. The Kier molecular flexibility index (Phi) is 2.20. The Bertz CT molecular complexity index is 234. The van der Waals surface area contributed by atoms with Crippen molar-refractivity contribution >= 4 is 0 Å². The lowest BCUT2D eigenvalue weighted by Gasteiger charge is -2.46. The van der Waals surface area contributed by atoms with E-state index in [4.69, 9.17) is 4.74 Å². The fourth-order valence-electron chi connectivity index (χ4n) is 2.49. The molecule has 13 heavy (non-hydrogen) atoms. The summed E-state index contributed by atoms with van der Waals surface area (Å²) in [7, 11) is 0. The van der Waals surface area contributed by atoms with Gasteiger partial charge in [0.15, 0.2) is 0 Å². The molecule has 2 heteroatoms. The van der Waals surface area contributed by atoms with Gasteiger partial charge in [0, 0.05) is 11.3 Å². The van der Waals surface area contributed by atoms with Gasteiger partial charge in [-0.3, -0.25) is 0 Å². The maximum atomic E-state index is 9.36. The van der Waals surface area contributed by atoms with Gasteiger partial charge >= 0.3 is 0 Å². The van der Waals surface area contributed by atoms with Crippen molar-refractivity contribution < 1.29 is 9.84 Å². The normalized spacial score (nSPS) is 44.4. The van der Waals surface area contributed by atoms with E-state index in [1.165, 1.54) is 5.57 Å². The van der Waals surface area contributed by atoms with Crippen LogP contribution < -0.4 is 0 Å². The van der Waals surface area contributed by atoms with Crippen LogP contribution in [-0.4, -0.2) is 24.4 Å². The van der Waals surface area contributed by atoms with E-state index in [9.17, 15) is 5.11 Å². The van der Waals surface area contributed by atoms with E-state index in [1.54, 1.807) is 0 Å². The molecule has 0 amide bonds. The Morgan fingerprint density at radius 2 is 2.46 bits per heavy atom. The number of allylic oxidation sites excluding steroid dienone is 1. The third-order valence-corrected chi connectivity index (χ3v) is 3.65. The van der Waals surface area contributed by atoms with E-state index in [-0.39, 0.29) is 12.0 Å². The van der Waals surface area contributed by atoms with Crippen molar-refractivity contribution in [2.75, 3.05) is 13.2 Å². The number of aliphatic hydroxyl groups is 1. The largest absolute Gasteiger partial charge is 0.396 e. The average molecular weight is 182 g/mol. The maximum Gasteiger partial charge on any atom is 0.0612 e. The molecule has 3 atom stereocenters. The quantitative estimate of drug-likeness (QED) is 0.626. The van der Waals surface area contributed by atoms with E-state index in [1.807, 2.05) is 0 Å². The van der Waals surface area contributed by atoms with Gasteiger partial charge in [0.05, 0.1) is 19.3 Å². The second kappa shape index (κ2) is 3.10. The molecule has 1 heterocycles. The number of rotatable bonds is 1. The molecule has 1 aliphatic heterocycles. The number of hydrogen-bond acceptors (Lipinski definition) is 2. The van der Waals surface area contributed by atoms with Crippen LogP contribution in [0.4, 0.5) is 0 Å². The molecule has 2 aliphatic rings. The second-order valence-electron chi connectivity index (χ2n) is 4.64. The first-order valence-electron chi connectivity index (χ1n) is 5.06. The fraction of sp³-hybridized carbons (Fsp3) is 0.818. The Hall–Kier alpha value is -0.340. The third kappa shape index (κ3) is 1.42. The Balaban J connectivity index is 2.24. The van der Waals surface area contributed by atoms with Crippen LogP contribution in [0, 0.1) is 11.3 Å². The lowest BCUT2D eigenvalue weighted by Crippen LogP contribution is -2.45. The van der Waals surface area contributed by atoms with Crippen molar-refractivity contribution in [3.63, 3.8) is 0 Å². The van der Waals surface area contributed by atoms with Gasteiger partial charge in [0.25, 0.3) is 0 Å². The molecule has 0 unspecified atom stereocenters. The summed E-state index contributed by atoms with van der Waals surface area (Å²) in [6.07, 6.45) is 4.70. The van der Waals surface area contributed by atoms with Gasteiger partial charge in [-0.05, 0) is 26.7 Å². The molecule has 2 bridgehead atoms. The minimum atomic E-state index is 0.0384. The molecule has 0 aromatic rings. The molecule has 2 nitrogen and oxygen atoms in total. The molecule has 1 aliphatic carbocycles. The summed E-state index contributed by atoms with van der Waals surface area (Å²) in [5.74, 6) is 0.537. The fourth-order valence-corrected chi connectivity index (χ4v) is 2.49. The zero-order valence-electron chi connectivity index (χ0n) is 8.42. The maximum absolute atomic E-state index is 9.36. The SMILES string of the molecule is CC1=CC[C@@]2(CO)CO[C@@H](C)[C@H]1C2. The van der Waals surface area contributed by atoms with Gasteiger partial charge in [-0.1, -0.05) is 11.6 Å². The highest BCUT2D eigenvalue weighted by atomic mass is 16.5. The summed E-state index contributed by atoms with van der Waals surface area (Å²) >= 11 is 0. The Morgan fingerprint density at radius 3 is 3.15 bits per heavy atom.